The van der Waals surface area contributed by atoms with E-state index in [9.17, 15) is 9.59 Å². The van der Waals surface area contributed by atoms with Crippen molar-refractivity contribution in [2.75, 3.05) is 26.2 Å². The van der Waals surface area contributed by atoms with E-state index in [2.05, 4.69) is 5.32 Å². The number of nitrogens with zero attached hydrogens (tertiary/aromatic N) is 1. The van der Waals surface area contributed by atoms with Gasteiger partial charge in [0.2, 0.25) is 5.91 Å². The van der Waals surface area contributed by atoms with Crippen molar-refractivity contribution in [3.63, 3.8) is 0 Å². The predicted octanol–water partition coefficient (Wildman–Crippen LogP) is -0.240. The summed E-state index contributed by atoms with van der Waals surface area (Å²) in [7, 11) is 0. The van der Waals surface area contributed by atoms with Crippen LogP contribution < -0.4 is 5.32 Å². The summed E-state index contributed by atoms with van der Waals surface area (Å²) in [6.45, 7) is 5.94. The molecule has 86 valence electrons. The van der Waals surface area contributed by atoms with E-state index in [1.807, 2.05) is 13.8 Å². The van der Waals surface area contributed by atoms with Gasteiger partial charge in [0.05, 0.1) is 13.2 Å². The fraction of sp³-hybridized carbons (Fsp3) is 0.800. The molecule has 5 nitrogen and oxygen atoms in total. The number of rotatable bonds is 5. The van der Waals surface area contributed by atoms with Crippen molar-refractivity contribution in [2.45, 2.75) is 26.3 Å². The van der Waals surface area contributed by atoms with Crippen molar-refractivity contribution in [1.82, 2.24) is 10.2 Å². The molecular formula is C10H18N2O3. The molecule has 0 aromatic heterocycles. The van der Waals surface area contributed by atoms with Crippen LogP contribution in [0.2, 0.25) is 0 Å². The highest BCUT2D eigenvalue weighted by Gasteiger charge is 2.26. The molecule has 0 saturated carbocycles. The van der Waals surface area contributed by atoms with Crippen LogP contribution in [-0.2, 0) is 14.3 Å². The van der Waals surface area contributed by atoms with Crippen LogP contribution in [0.4, 0.5) is 0 Å². The Bertz CT molecular complexity index is 239. The first-order chi connectivity index (χ1) is 7.19. The monoisotopic (exact) mass is 214 g/mol. The molecule has 0 aromatic rings. The van der Waals surface area contributed by atoms with Crippen LogP contribution in [0.5, 0.6) is 0 Å². The number of nitrogens with one attached hydrogen (secondary N) is 1. The molecule has 1 fully saturated rings. The number of hydrogen-bond donors (Lipinski definition) is 1. The van der Waals surface area contributed by atoms with Crippen molar-refractivity contribution >= 4 is 11.9 Å². The second kappa shape index (κ2) is 5.70. The second-order valence-electron chi connectivity index (χ2n) is 3.46. The highest BCUT2D eigenvalue weighted by molar-refractivity contribution is 5.81. The van der Waals surface area contributed by atoms with Gasteiger partial charge in [0.1, 0.15) is 6.04 Å². The smallest absolute Gasteiger partial charge is 0.323 e. The number of esters is 1. The topological polar surface area (TPSA) is 58.6 Å². The fourth-order valence-electron chi connectivity index (χ4n) is 1.58. The molecule has 0 aliphatic carbocycles. The Morgan fingerprint density at radius 3 is 2.67 bits per heavy atom. The Kier molecular flexibility index (Phi) is 4.55. The number of ether oxygens (including phenoxy) is 1. The molecule has 1 heterocycles. The molecule has 1 atom stereocenters. The van der Waals surface area contributed by atoms with Gasteiger partial charge in [-0.25, -0.2) is 0 Å². The molecule has 1 unspecified atom stereocenters. The minimum absolute atomic E-state index is 0.0275. The van der Waals surface area contributed by atoms with Crippen LogP contribution in [0.25, 0.3) is 0 Å². The Morgan fingerprint density at radius 2 is 2.20 bits per heavy atom. The van der Waals surface area contributed by atoms with E-state index in [0.29, 0.717) is 26.1 Å². The van der Waals surface area contributed by atoms with E-state index in [-0.39, 0.29) is 24.5 Å². The average Bonchev–Trinajstić information content (AvgIpc) is 2.63. The number of carbonyl (C=O) groups excluding carboxylic acids is 2. The van der Waals surface area contributed by atoms with E-state index in [0.717, 1.165) is 0 Å². The maximum Gasteiger partial charge on any atom is 0.323 e. The summed E-state index contributed by atoms with van der Waals surface area (Å²) in [4.78, 5) is 24.4. The van der Waals surface area contributed by atoms with Crippen molar-refractivity contribution in [1.29, 1.82) is 0 Å². The molecule has 1 aliphatic heterocycles. The van der Waals surface area contributed by atoms with Crippen LogP contribution in [-0.4, -0.2) is 49.1 Å². The Hall–Kier alpha value is -1.10. The predicted molar refractivity (Wildman–Crippen MR) is 55.3 cm³/mol. The van der Waals surface area contributed by atoms with Gasteiger partial charge in [-0.2, -0.15) is 0 Å². The molecule has 5 heteroatoms. The summed E-state index contributed by atoms with van der Waals surface area (Å²) in [5, 5.41) is 2.91. The van der Waals surface area contributed by atoms with Gasteiger partial charge in [-0.1, -0.05) is 0 Å². The standard InChI is InChI=1S/C10H18N2O3/c1-3-12(4-2)9(13)7-11-8-5-6-15-10(8)14/h8,11H,3-7H2,1-2H3. The summed E-state index contributed by atoms with van der Waals surface area (Å²) in [5.41, 5.74) is 0. The Balaban J connectivity index is 2.29. The van der Waals surface area contributed by atoms with Gasteiger partial charge in [-0.05, 0) is 13.8 Å². The van der Waals surface area contributed by atoms with Crippen LogP contribution in [0.3, 0.4) is 0 Å². The molecule has 1 aliphatic rings. The lowest BCUT2D eigenvalue weighted by Gasteiger charge is -2.19. The van der Waals surface area contributed by atoms with Crippen molar-refractivity contribution < 1.29 is 14.3 Å². The third-order valence-corrected chi connectivity index (χ3v) is 2.55. The van der Waals surface area contributed by atoms with E-state index >= 15 is 0 Å². The highest BCUT2D eigenvalue weighted by Crippen LogP contribution is 2.05. The van der Waals surface area contributed by atoms with Gasteiger partial charge in [0.25, 0.3) is 0 Å². The Morgan fingerprint density at radius 1 is 1.53 bits per heavy atom. The number of likely N-dealkylation sites (N-methyl/N-ethyl adjacent to an activating group) is 1. The van der Waals surface area contributed by atoms with Crippen molar-refractivity contribution in [3.8, 4) is 0 Å². The summed E-state index contributed by atoms with van der Waals surface area (Å²) in [5.74, 6) is -0.220. The van der Waals surface area contributed by atoms with Crippen molar-refractivity contribution in [3.05, 3.63) is 0 Å². The number of carbonyl (C=O) groups is 2. The lowest BCUT2D eigenvalue weighted by molar-refractivity contribution is -0.139. The molecule has 0 aromatic carbocycles. The summed E-state index contributed by atoms with van der Waals surface area (Å²) in [6, 6.07) is -0.301. The summed E-state index contributed by atoms with van der Waals surface area (Å²) >= 11 is 0. The van der Waals surface area contributed by atoms with E-state index < -0.39 is 0 Å². The molecule has 1 N–H and O–H groups in total. The van der Waals surface area contributed by atoms with Crippen LogP contribution in [0.15, 0.2) is 0 Å². The third kappa shape index (κ3) is 3.20. The largest absolute Gasteiger partial charge is 0.464 e. The number of hydrogen-bond acceptors (Lipinski definition) is 4. The molecule has 0 bridgehead atoms. The maximum absolute atomic E-state index is 11.6. The van der Waals surface area contributed by atoms with E-state index in [4.69, 9.17) is 4.74 Å². The minimum Gasteiger partial charge on any atom is -0.464 e. The van der Waals surface area contributed by atoms with Gasteiger partial charge in [-0.15, -0.1) is 0 Å². The Labute approximate surface area is 89.8 Å². The highest BCUT2D eigenvalue weighted by atomic mass is 16.5. The zero-order chi connectivity index (χ0) is 11.3. The average molecular weight is 214 g/mol. The molecule has 1 saturated heterocycles. The molecule has 0 radical (unpaired) electrons. The van der Waals surface area contributed by atoms with Gasteiger partial charge < -0.3 is 9.64 Å². The molecule has 1 amide bonds. The van der Waals surface area contributed by atoms with Gasteiger partial charge in [-0.3, -0.25) is 14.9 Å². The van der Waals surface area contributed by atoms with E-state index in [1.165, 1.54) is 0 Å². The van der Waals surface area contributed by atoms with Crippen molar-refractivity contribution in [2.24, 2.45) is 0 Å². The zero-order valence-corrected chi connectivity index (χ0v) is 9.28. The first-order valence-corrected chi connectivity index (χ1v) is 5.36. The number of cyclic esters (lactones) is 1. The van der Waals surface area contributed by atoms with Gasteiger partial charge in [0.15, 0.2) is 0 Å². The molecule has 15 heavy (non-hydrogen) atoms. The van der Waals surface area contributed by atoms with Crippen LogP contribution >= 0.6 is 0 Å². The molecule has 0 spiro atoms. The first kappa shape index (κ1) is 12.0. The van der Waals surface area contributed by atoms with Crippen LogP contribution in [0, 0.1) is 0 Å². The lowest BCUT2D eigenvalue weighted by Crippen LogP contribution is -2.43. The first-order valence-electron chi connectivity index (χ1n) is 5.36. The SMILES string of the molecule is CCN(CC)C(=O)CNC1CCOC1=O. The molecule has 1 rings (SSSR count). The minimum atomic E-state index is -0.301. The molecular weight excluding hydrogens is 196 g/mol. The number of amides is 1. The summed E-state index contributed by atoms with van der Waals surface area (Å²) in [6.07, 6.45) is 0.657. The lowest BCUT2D eigenvalue weighted by atomic mass is 10.2. The zero-order valence-electron chi connectivity index (χ0n) is 9.28. The summed E-state index contributed by atoms with van der Waals surface area (Å²) < 4.78 is 4.78. The quantitative estimate of drug-likeness (QED) is 0.642. The normalized spacial score (nSPS) is 20.1. The van der Waals surface area contributed by atoms with Crippen LogP contribution in [0.1, 0.15) is 20.3 Å². The third-order valence-electron chi connectivity index (χ3n) is 2.55. The van der Waals surface area contributed by atoms with E-state index in [1.54, 1.807) is 4.90 Å². The second-order valence-corrected chi connectivity index (χ2v) is 3.46. The van der Waals surface area contributed by atoms with Gasteiger partial charge in [0, 0.05) is 19.5 Å². The fourth-order valence-corrected chi connectivity index (χ4v) is 1.58. The van der Waals surface area contributed by atoms with Gasteiger partial charge >= 0.3 is 5.97 Å². The maximum atomic E-state index is 11.6.